The normalized spacial score (nSPS) is 23.0. The molecule has 0 saturated carbocycles. The minimum atomic E-state index is -1.01. The summed E-state index contributed by atoms with van der Waals surface area (Å²) in [6, 6.07) is -1.52. The first-order valence-corrected chi connectivity index (χ1v) is 5.13. The van der Waals surface area contributed by atoms with Gasteiger partial charge in [-0.2, -0.15) is 0 Å². The zero-order chi connectivity index (χ0) is 12.5. The molecule has 16 heavy (non-hydrogen) atoms. The van der Waals surface area contributed by atoms with E-state index in [2.05, 4.69) is 5.32 Å². The smallest absolute Gasteiger partial charge is 0.320 e. The molecule has 90 valence electrons. The fourth-order valence-corrected chi connectivity index (χ4v) is 1.65. The van der Waals surface area contributed by atoms with Gasteiger partial charge in [-0.05, 0) is 5.92 Å². The third-order valence-electron chi connectivity index (χ3n) is 2.69. The second kappa shape index (κ2) is 4.61. The molecule has 0 aromatic heterocycles. The van der Waals surface area contributed by atoms with Gasteiger partial charge in [0, 0.05) is 7.05 Å². The maximum Gasteiger partial charge on any atom is 0.320 e. The molecule has 2 amide bonds. The number of imide groups is 1. The standard InChI is InChI=1S/C10H16N2O4/c1-5(2)8(10(15)16)11-6-4-7(13)12(3)9(6)14/h5-6,8,11H,4H2,1-3H3,(H,15,16). The number of carboxylic acid groups (broad SMARTS) is 1. The van der Waals surface area contributed by atoms with Crippen LogP contribution in [0.15, 0.2) is 0 Å². The Hall–Kier alpha value is -1.43. The summed E-state index contributed by atoms with van der Waals surface area (Å²) >= 11 is 0. The molecule has 0 aromatic rings. The summed E-state index contributed by atoms with van der Waals surface area (Å²) in [6.07, 6.45) is 0.0336. The van der Waals surface area contributed by atoms with Crippen LogP contribution in [0.3, 0.4) is 0 Å². The van der Waals surface area contributed by atoms with E-state index >= 15 is 0 Å². The van der Waals surface area contributed by atoms with Crippen LogP contribution in [0.5, 0.6) is 0 Å². The third kappa shape index (κ3) is 2.38. The second-order valence-corrected chi connectivity index (χ2v) is 4.27. The van der Waals surface area contributed by atoms with Crippen molar-refractivity contribution < 1.29 is 19.5 Å². The molecule has 1 fully saturated rings. The van der Waals surface area contributed by atoms with Crippen LogP contribution < -0.4 is 5.32 Å². The lowest BCUT2D eigenvalue weighted by Crippen LogP contribution is -2.49. The molecule has 2 N–H and O–H groups in total. The highest BCUT2D eigenvalue weighted by atomic mass is 16.4. The Kier molecular flexibility index (Phi) is 3.64. The zero-order valence-electron chi connectivity index (χ0n) is 9.56. The molecular formula is C10H16N2O4. The van der Waals surface area contributed by atoms with E-state index < -0.39 is 18.1 Å². The Labute approximate surface area is 93.6 Å². The molecule has 1 aliphatic heterocycles. The molecular weight excluding hydrogens is 212 g/mol. The number of nitrogens with zero attached hydrogens (tertiary/aromatic N) is 1. The lowest BCUT2D eigenvalue weighted by molar-refractivity contribution is -0.141. The first-order chi connectivity index (χ1) is 7.34. The molecule has 1 rings (SSSR count). The SMILES string of the molecule is CC(C)C(NC1CC(=O)N(C)C1=O)C(=O)O. The lowest BCUT2D eigenvalue weighted by atomic mass is 10.0. The van der Waals surface area contributed by atoms with Crippen molar-refractivity contribution in [2.75, 3.05) is 7.05 Å². The number of amides is 2. The van der Waals surface area contributed by atoms with Crippen LogP contribution in [0, 0.1) is 5.92 Å². The van der Waals surface area contributed by atoms with E-state index in [1.165, 1.54) is 7.05 Å². The van der Waals surface area contributed by atoms with Crippen LogP contribution in [0.25, 0.3) is 0 Å². The van der Waals surface area contributed by atoms with Gasteiger partial charge in [0.1, 0.15) is 6.04 Å². The molecule has 0 spiro atoms. The Morgan fingerprint density at radius 3 is 2.38 bits per heavy atom. The minimum absolute atomic E-state index is 0.0336. The first-order valence-electron chi connectivity index (χ1n) is 5.13. The second-order valence-electron chi connectivity index (χ2n) is 4.27. The highest BCUT2D eigenvalue weighted by Crippen LogP contribution is 2.13. The number of hydrogen-bond donors (Lipinski definition) is 2. The molecule has 1 saturated heterocycles. The van der Waals surface area contributed by atoms with Crippen LogP contribution in [-0.4, -0.2) is 46.9 Å². The van der Waals surface area contributed by atoms with E-state index in [4.69, 9.17) is 5.11 Å². The highest BCUT2D eigenvalue weighted by molar-refractivity contribution is 6.05. The molecule has 2 atom stereocenters. The van der Waals surface area contributed by atoms with Gasteiger partial charge < -0.3 is 5.11 Å². The van der Waals surface area contributed by atoms with E-state index in [0.717, 1.165) is 4.90 Å². The molecule has 6 heteroatoms. The number of likely N-dealkylation sites (N-methyl/N-ethyl adjacent to an activating group) is 1. The third-order valence-corrected chi connectivity index (χ3v) is 2.69. The predicted octanol–water partition coefficient (Wildman–Crippen LogP) is -0.557. The Morgan fingerprint density at radius 2 is 2.06 bits per heavy atom. The van der Waals surface area contributed by atoms with Crippen LogP contribution >= 0.6 is 0 Å². The van der Waals surface area contributed by atoms with E-state index in [0.29, 0.717) is 0 Å². The van der Waals surface area contributed by atoms with Crippen LogP contribution in [0.4, 0.5) is 0 Å². The van der Waals surface area contributed by atoms with Gasteiger partial charge in [0.15, 0.2) is 0 Å². The summed E-state index contributed by atoms with van der Waals surface area (Å²) in [5, 5.41) is 11.7. The molecule has 1 aliphatic rings. The van der Waals surface area contributed by atoms with Crippen LogP contribution in [-0.2, 0) is 14.4 Å². The number of rotatable bonds is 4. The van der Waals surface area contributed by atoms with Gasteiger partial charge in [0.25, 0.3) is 0 Å². The van der Waals surface area contributed by atoms with Gasteiger partial charge in [-0.15, -0.1) is 0 Å². The van der Waals surface area contributed by atoms with Crippen molar-refractivity contribution in [1.29, 1.82) is 0 Å². The maximum atomic E-state index is 11.5. The quantitative estimate of drug-likeness (QED) is 0.630. The number of aliphatic carboxylic acids is 1. The summed E-state index contributed by atoms with van der Waals surface area (Å²) in [7, 11) is 1.40. The van der Waals surface area contributed by atoms with E-state index in [9.17, 15) is 14.4 Å². The fraction of sp³-hybridized carbons (Fsp3) is 0.700. The summed E-state index contributed by atoms with van der Waals surface area (Å²) < 4.78 is 0. The topological polar surface area (TPSA) is 86.7 Å². The Balaban J connectivity index is 2.70. The highest BCUT2D eigenvalue weighted by Gasteiger charge is 2.38. The van der Waals surface area contributed by atoms with Crippen molar-refractivity contribution >= 4 is 17.8 Å². The Morgan fingerprint density at radius 1 is 1.50 bits per heavy atom. The van der Waals surface area contributed by atoms with Crippen molar-refractivity contribution in [3.8, 4) is 0 Å². The lowest BCUT2D eigenvalue weighted by Gasteiger charge is -2.21. The van der Waals surface area contributed by atoms with E-state index in [1.54, 1.807) is 13.8 Å². The molecule has 0 radical (unpaired) electrons. The molecule has 0 aliphatic carbocycles. The molecule has 6 nitrogen and oxygen atoms in total. The Bertz CT molecular complexity index is 327. The summed E-state index contributed by atoms with van der Waals surface area (Å²) in [6.45, 7) is 3.49. The van der Waals surface area contributed by atoms with Crippen LogP contribution in [0.2, 0.25) is 0 Å². The molecule has 2 unspecified atom stereocenters. The van der Waals surface area contributed by atoms with Gasteiger partial charge >= 0.3 is 5.97 Å². The average molecular weight is 228 g/mol. The maximum absolute atomic E-state index is 11.5. The van der Waals surface area contributed by atoms with Crippen molar-refractivity contribution in [1.82, 2.24) is 10.2 Å². The molecule has 0 bridgehead atoms. The summed E-state index contributed by atoms with van der Waals surface area (Å²) in [5.74, 6) is -1.80. The number of hydrogen-bond acceptors (Lipinski definition) is 4. The van der Waals surface area contributed by atoms with Gasteiger partial charge in [0.2, 0.25) is 11.8 Å². The predicted molar refractivity (Wildman–Crippen MR) is 55.6 cm³/mol. The number of carboxylic acids is 1. The monoisotopic (exact) mass is 228 g/mol. The number of likely N-dealkylation sites (tertiary alicyclic amines) is 1. The summed E-state index contributed by atoms with van der Waals surface area (Å²) in [4.78, 5) is 34.7. The van der Waals surface area contributed by atoms with Gasteiger partial charge in [-0.25, -0.2) is 0 Å². The largest absolute Gasteiger partial charge is 0.480 e. The number of nitrogens with one attached hydrogen (secondary N) is 1. The van der Waals surface area contributed by atoms with Crippen molar-refractivity contribution in [3.63, 3.8) is 0 Å². The molecule has 0 aromatic carbocycles. The van der Waals surface area contributed by atoms with E-state index in [1.807, 2.05) is 0 Å². The van der Waals surface area contributed by atoms with E-state index in [-0.39, 0.29) is 24.2 Å². The summed E-state index contributed by atoms with van der Waals surface area (Å²) in [5.41, 5.74) is 0. The van der Waals surface area contributed by atoms with Crippen molar-refractivity contribution in [2.45, 2.75) is 32.4 Å². The number of carbonyl (C=O) groups is 3. The fourth-order valence-electron chi connectivity index (χ4n) is 1.65. The average Bonchev–Trinajstić information content (AvgIpc) is 2.41. The number of carbonyl (C=O) groups excluding carboxylic acids is 2. The minimum Gasteiger partial charge on any atom is -0.480 e. The van der Waals surface area contributed by atoms with Gasteiger partial charge in [-0.1, -0.05) is 13.8 Å². The van der Waals surface area contributed by atoms with Crippen LogP contribution in [0.1, 0.15) is 20.3 Å². The first kappa shape index (κ1) is 12.6. The molecule has 1 heterocycles. The van der Waals surface area contributed by atoms with Crippen molar-refractivity contribution in [2.24, 2.45) is 5.92 Å². The van der Waals surface area contributed by atoms with Crippen molar-refractivity contribution in [3.05, 3.63) is 0 Å². The zero-order valence-corrected chi connectivity index (χ0v) is 9.56. The van der Waals surface area contributed by atoms with Gasteiger partial charge in [-0.3, -0.25) is 24.6 Å². The van der Waals surface area contributed by atoms with Gasteiger partial charge in [0.05, 0.1) is 12.5 Å².